The van der Waals surface area contributed by atoms with Gasteiger partial charge in [0.15, 0.2) is 0 Å². The highest BCUT2D eigenvalue weighted by molar-refractivity contribution is 7.89. The number of hydrogen-bond acceptors (Lipinski definition) is 3. The average molecular weight is 282 g/mol. The fourth-order valence-corrected chi connectivity index (χ4v) is 4.27. The van der Waals surface area contributed by atoms with Crippen molar-refractivity contribution < 1.29 is 8.42 Å². The number of nitrogens with zero attached hydrogens (tertiary/aromatic N) is 1. The van der Waals surface area contributed by atoms with Crippen LogP contribution in [0.15, 0.2) is 23.1 Å². The third kappa shape index (κ3) is 3.16. The Bertz CT molecular complexity index is 532. The summed E-state index contributed by atoms with van der Waals surface area (Å²) in [7, 11) is -3.35. The molecule has 2 N–H and O–H groups in total. The third-order valence-corrected chi connectivity index (χ3v) is 5.72. The molecule has 2 rings (SSSR count). The Kier molecular flexibility index (Phi) is 4.60. The lowest BCUT2D eigenvalue weighted by Gasteiger charge is -2.21. The van der Waals surface area contributed by atoms with E-state index in [0.29, 0.717) is 24.5 Å². The summed E-state index contributed by atoms with van der Waals surface area (Å²) in [6.07, 6.45) is 4.16. The van der Waals surface area contributed by atoms with Gasteiger partial charge in [-0.25, -0.2) is 8.42 Å². The van der Waals surface area contributed by atoms with Crippen LogP contribution in [0.5, 0.6) is 0 Å². The predicted molar refractivity (Wildman–Crippen MR) is 76.3 cm³/mol. The molecule has 1 fully saturated rings. The summed E-state index contributed by atoms with van der Waals surface area (Å²) in [6.45, 7) is 3.55. The van der Waals surface area contributed by atoms with Gasteiger partial charge in [-0.05, 0) is 37.0 Å². The van der Waals surface area contributed by atoms with E-state index >= 15 is 0 Å². The normalized spacial score (nSPS) is 18.2. The molecule has 0 aliphatic carbocycles. The Labute approximate surface area is 115 Å². The Morgan fingerprint density at radius 1 is 1.16 bits per heavy atom. The highest BCUT2D eigenvalue weighted by atomic mass is 32.2. The van der Waals surface area contributed by atoms with Crippen molar-refractivity contribution in [1.29, 1.82) is 0 Å². The van der Waals surface area contributed by atoms with Crippen LogP contribution in [-0.4, -0.2) is 25.8 Å². The first-order valence-corrected chi connectivity index (χ1v) is 8.29. The monoisotopic (exact) mass is 282 g/mol. The maximum absolute atomic E-state index is 12.7. The zero-order valence-electron chi connectivity index (χ0n) is 11.4. The first-order valence-electron chi connectivity index (χ1n) is 6.85. The van der Waals surface area contributed by atoms with E-state index < -0.39 is 10.0 Å². The highest BCUT2D eigenvalue weighted by Crippen LogP contribution is 2.23. The van der Waals surface area contributed by atoms with Crippen LogP contribution in [0.2, 0.25) is 0 Å². The smallest absolute Gasteiger partial charge is 0.243 e. The minimum Gasteiger partial charge on any atom is -0.326 e. The Hall–Kier alpha value is -0.910. The summed E-state index contributed by atoms with van der Waals surface area (Å²) in [4.78, 5) is 0.423. The van der Waals surface area contributed by atoms with Gasteiger partial charge in [-0.1, -0.05) is 25.0 Å². The van der Waals surface area contributed by atoms with Gasteiger partial charge < -0.3 is 5.73 Å². The number of nitrogens with two attached hydrogens (primary N) is 1. The van der Waals surface area contributed by atoms with E-state index in [0.717, 1.165) is 36.8 Å². The van der Waals surface area contributed by atoms with Crippen LogP contribution in [0.3, 0.4) is 0 Å². The van der Waals surface area contributed by atoms with E-state index in [-0.39, 0.29) is 0 Å². The Balaban J connectivity index is 2.32. The zero-order chi connectivity index (χ0) is 13.9. The quantitative estimate of drug-likeness (QED) is 0.922. The zero-order valence-corrected chi connectivity index (χ0v) is 12.2. The van der Waals surface area contributed by atoms with Crippen molar-refractivity contribution in [2.75, 3.05) is 13.1 Å². The molecule has 1 saturated heterocycles. The van der Waals surface area contributed by atoms with Crippen molar-refractivity contribution in [3.8, 4) is 0 Å². The van der Waals surface area contributed by atoms with E-state index in [1.54, 1.807) is 16.4 Å². The molecular weight excluding hydrogens is 260 g/mol. The molecule has 106 valence electrons. The second-order valence-corrected chi connectivity index (χ2v) is 7.03. The van der Waals surface area contributed by atoms with Crippen LogP contribution in [0.1, 0.15) is 36.8 Å². The number of aryl methyl sites for hydroxylation is 1. The summed E-state index contributed by atoms with van der Waals surface area (Å²) in [5.74, 6) is 0. The molecule has 0 saturated carbocycles. The molecule has 0 unspecified atom stereocenters. The van der Waals surface area contributed by atoms with Crippen LogP contribution >= 0.6 is 0 Å². The van der Waals surface area contributed by atoms with E-state index in [4.69, 9.17) is 5.73 Å². The molecule has 19 heavy (non-hydrogen) atoms. The first kappa shape index (κ1) is 14.5. The van der Waals surface area contributed by atoms with Gasteiger partial charge in [0.2, 0.25) is 10.0 Å². The van der Waals surface area contributed by atoms with Crippen LogP contribution < -0.4 is 5.73 Å². The number of hydrogen-bond donors (Lipinski definition) is 1. The van der Waals surface area contributed by atoms with E-state index in [1.807, 2.05) is 13.0 Å². The molecule has 0 aromatic heterocycles. The number of benzene rings is 1. The summed E-state index contributed by atoms with van der Waals surface area (Å²) in [6, 6.07) is 5.36. The second kappa shape index (κ2) is 6.03. The highest BCUT2D eigenvalue weighted by Gasteiger charge is 2.26. The molecular formula is C14H22N2O2S. The van der Waals surface area contributed by atoms with Gasteiger partial charge in [0.25, 0.3) is 0 Å². The number of sulfonamides is 1. The lowest BCUT2D eigenvalue weighted by molar-refractivity contribution is 0.423. The van der Waals surface area contributed by atoms with Crippen LogP contribution in [-0.2, 0) is 16.6 Å². The van der Waals surface area contributed by atoms with Crippen LogP contribution in [0.4, 0.5) is 0 Å². The van der Waals surface area contributed by atoms with Gasteiger partial charge in [0.05, 0.1) is 4.90 Å². The standard InChI is InChI=1S/C14H22N2O2S/c1-12-10-13(11-15)6-7-14(12)19(17,18)16-8-4-2-3-5-9-16/h6-7,10H,2-5,8-9,11,15H2,1H3. The lowest BCUT2D eigenvalue weighted by Crippen LogP contribution is -2.32. The fourth-order valence-electron chi connectivity index (χ4n) is 2.55. The topological polar surface area (TPSA) is 63.4 Å². The first-order chi connectivity index (χ1) is 9.05. The van der Waals surface area contributed by atoms with Crippen LogP contribution in [0, 0.1) is 6.92 Å². The third-order valence-electron chi connectivity index (χ3n) is 3.66. The largest absolute Gasteiger partial charge is 0.326 e. The fraction of sp³-hybridized carbons (Fsp3) is 0.571. The maximum Gasteiger partial charge on any atom is 0.243 e. The predicted octanol–water partition coefficient (Wildman–Crippen LogP) is 2.02. The molecule has 5 heteroatoms. The van der Waals surface area contributed by atoms with Gasteiger partial charge in [0.1, 0.15) is 0 Å². The van der Waals surface area contributed by atoms with Gasteiger partial charge in [0, 0.05) is 19.6 Å². The minimum absolute atomic E-state index is 0.423. The summed E-state index contributed by atoms with van der Waals surface area (Å²) in [5, 5.41) is 0. The van der Waals surface area contributed by atoms with Crippen molar-refractivity contribution in [2.24, 2.45) is 5.73 Å². The minimum atomic E-state index is -3.35. The van der Waals surface area contributed by atoms with Crippen molar-refractivity contribution in [3.63, 3.8) is 0 Å². The van der Waals surface area contributed by atoms with E-state index in [1.165, 1.54) is 0 Å². The molecule has 0 bridgehead atoms. The van der Waals surface area contributed by atoms with Gasteiger partial charge in [-0.3, -0.25) is 0 Å². The second-order valence-electron chi connectivity index (χ2n) is 5.12. The van der Waals surface area contributed by atoms with Crippen molar-refractivity contribution in [2.45, 2.75) is 44.0 Å². The molecule has 1 aromatic carbocycles. The molecule has 4 nitrogen and oxygen atoms in total. The lowest BCUT2D eigenvalue weighted by atomic mass is 10.1. The Morgan fingerprint density at radius 2 is 1.79 bits per heavy atom. The SMILES string of the molecule is Cc1cc(CN)ccc1S(=O)(=O)N1CCCCCC1. The molecule has 1 aromatic rings. The average Bonchev–Trinajstić information content (AvgIpc) is 2.67. The van der Waals surface area contributed by atoms with Crippen LogP contribution in [0.25, 0.3) is 0 Å². The maximum atomic E-state index is 12.7. The molecule has 1 aliphatic rings. The summed E-state index contributed by atoms with van der Waals surface area (Å²) in [5.41, 5.74) is 7.33. The summed E-state index contributed by atoms with van der Waals surface area (Å²) < 4.78 is 26.9. The molecule has 0 radical (unpaired) electrons. The van der Waals surface area contributed by atoms with Crippen molar-refractivity contribution >= 4 is 10.0 Å². The number of rotatable bonds is 3. The molecule has 1 heterocycles. The Morgan fingerprint density at radius 3 is 2.32 bits per heavy atom. The molecule has 0 atom stereocenters. The van der Waals surface area contributed by atoms with E-state index in [2.05, 4.69) is 0 Å². The van der Waals surface area contributed by atoms with Gasteiger partial charge in [-0.2, -0.15) is 4.31 Å². The molecule has 1 aliphatic heterocycles. The van der Waals surface area contributed by atoms with Crippen molar-refractivity contribution in [1.82, 2.24) is 4.31 Å². The molecule has 0 spiro atoms. The van der Waals surface area contributed by atoms with E-state index in [9.17, 15) is 8.42 Å². The van der Waals surface area contributed by atoms with Gasteiger partial charge >= 0.3 is 0 Å². The van der Waals surface area contributed by atoms with Gasteiger partial charge in [-0.15, -0.1) is 0 Å². The summed E-state index contributed by atoms with van der Waals surface area (Å²) >= 11 is 0. The molecule has 0 amide bonds. The van der Waals surface area contributed by atoms with Crippen molar-refractivity contribution in [3.05, 3.63) is 29.3 Å².